The van der Waals surface area contributed by atoms with Crippen molar-refractivity contribution in [3.05, 3.63) is 53.9 Å². The molecule has 0 aliphatic rings. The van der Waals surface area contributed by atoms with E-state index in [0.717, 1.165) is 12.1 Å². The molecule has 6 nitrogen and oxygen atoms in total. The van der Waals surface area contributed by atoms with Crippen molar-refractivity contribution in [3.8, 4) is 5.75 Å². The van der Waals surface area contributed by atoms with E-state index in [2.05, 4.69) is 19.7 Å². The van der Waals surface area contributed by atoms with Crippen LogP contribution >= 0.6 is 0 Å². The normalized spacial score (nSPS) is 12.2. The summed E-state index contributed by atoms with van der Waals surface area (Å²) in [5, 5.41) is 0. The van der Waals surface area contributed by atoms with Gasteiger partial charge in [-0.1, -0.05) is 0 Å². The maximum absolute atomic E-state index is 12.8. The zero-order valence-corrected chi connectivity index (χ0v) is 15.0. The third-order valence-corrected chi connectivity index (χ3v) is 3.43. The molecule has 0 fully saturated rings. The van der Waals surface area contributed by atoms with E-state index in [1.165, 1.54) is 57.3 Å². The van der Waals surface area contributed by atoms with Gasteiger partial charge < -0.3 is 9.47 Å². The molecule has 0 radical (unpaired) electrons. The molecule has 0 spiro atoms. The lowest BCUT2D eigenvalue weighted by Gasteiger charge is -2.09. The summed E-state index contributed by atoms with van der Waals surface area (Å²) >= 11 is 0. The fourth-order valence-corrected chi connectivity index (χ4v) is 2.07. The zero-order valence-electron chi connectivity index (χ0n) is 15.0. The highest BCUT2D eigenvalue weighted by Crippen LogP contribution is 2.36. The van der Waals surface area contributed by atoms with Crippen molar-refractivity contribution in [2.45, 2.75) is 6.18 Å². The van der Waals surface area contributed by atoms with Crippen LogP contribution in [-0.4, -0.2) is 37.6 Å². The second-order valence-corrected chi connectivity index (χ2v) is 5.23. The van der Waals surface area contributed by atoms with E-state index >= 15 is 0 Å². The van der Waals surface area contributed by atoms with E-state index in [1.54, 1.807) is 6.07 Å². The number of pyridine rings is 1. The highest BCUT2D eigenvalue weighted by Gasteiger charge is 2.31. The molecule has 0 N–H and O–H groups in total. The minimum atomic E-state index is -4.48. The monoisotopic (exact) mass is 391 g/mol. The lowest BCUT2D eigenvalue weighted by Crippen LogP contribution is -2.04. The first kappa shape index (κ1) is 20.8. The van der Waals surface area contributed by atoms with Gasteiger partial charge in [-0.25, -0.2) is 4.79 Å². The highest BCUT2D eigenvalue weighted by molar-refractivity contribution is 6.17. The van der Waals surface area contributed by atoms with Crippen molar-refractivity contribution in [1.82, 2.24) is 4.98 Å². The molecular formula is C19H16F3N3O3. The zero-order chi connectivity index (χ0) is 20.6. The number of aromatic nitrogens is 1. The van der Waals surface area contributed by atoms with Gasteiger partial charge in [0.05, 0.1) is 25.5 Å². The number of methoxy groups -OCH3 is 2. The first-order chi connectivity index (χ1) is 13.3. The van der Waals surface area contributed by atoms with Gasteiger partial charge >= 0.3 is 12.1 Å². The van der Waals surface area contributed by atoms with Crippen LogP contribution in [0.2, 0.25) is 0 Å². The lowest BCUT2D eigenvalue weighted by molar-refractivity contribution is -0.137. The number of esters is 1. The Morgan fingerprint density at radius 2 is 1.82 bits per heavy atom. The van der Waals surface area contributed by atoms with Crippen molar-refractivity contribution in [3.63, 3.8) is 0 Å². The maximum atomic E-state index is 12.8. The Hall–Kier alpha value is -3.49. The molecule has 0 unspecified atom stereocenters. The number of halogens is 3. The lowest BCUT2D eigenvalue weighted by atomic mass is 10.2. The molecule has 0 aliphatic carbocycles. The molecule has 2 rings (SSSR count). The van der Waals surface area contributed by atoms with E-state index in [9.17, 15) is 18.0 Å². The van der Waals surface area contributed by atoms with Crippen LogP contribution in [0.1, 0.15) is 11.1 Å². The topological polar surface area (TPSA) is 73.1 Å². The van der Waals surface area contributed by atoms with Crippen LogP contribution in [0.25, 0.3) is 6.08 Å². The standard InChI is InChI=1S/C19H16F3N3O3/c1-27-17-5-4-14(19(20,21)22)11-16(17)25-10-9-24-15-7-8-23-12-13(15)3-6-18(26)28-2/h3-12H,1-2H3. The Kier molecular flexibility index (Phi) is 7.02. The smallest absolute Gasteiger partial charge is 0.416 e. The third kappa shape index (κ3) is 5.76. The minimum Gasteiger partial charge on any atom is -0.494 e. The number of carbonyl (C=O) groups excluding carboxylic acids is 1. The van der Waals surface area contributed by atoms with Crippen molar-refractivity contribution in [2.24, 2.45) is 9.98 Å². The number of benzene rings is 1. The molecule has 0 saturated carbocycles. The van der Waals surface area contributed by atoms with Crippen LogP contribution in [0, 0.1) is 0 Å². The molecule has 146 valence electrons. The quantitative estimate of drug-likeness (QED) is 0.416. The molecule has 2 aromatic rings. The Bertz CT molecular complexity index is 922. The summed E-state index contributed by atoms with van der Waals surface area (Å²) in [7, 11) is 2.60. The molecular weight excluding hydrogens is 375 g/mol. The predicted octanol–water partition coefficient (Wildman–Crippen LogP) is 4.40. The fourth-order valence-electron chi connectivity index (χ4n) is 2.07. The summed E-state index contributed by atoms with van der Waals surface area (Å²) in [5.74, 6) is -0.333. The number of nitrogens with zero attached hydrogens (tertiary/aromatic N) is 3. The average Bonchev–Trinajstić information content (AvgIpc) is 2.69. The summed E-state index contributed by atoms with van der Waals surface area (Å²) in [5.41, 5.74) is 0.220. The molecule has 28 heavy (non-hydrogen) atoms. The molecule has 9 heteroatoms. The van der Waals surface area contributed by atoms with Gasteiger partial charge in [0.1, 0.15) is 11.4 Å². The Labute approximate surface area is 159 Å². The van der Waals surface area contributed by atoms with Crippen molar-refractivity contribution >= 4 is 35.8 Å². The molecule has 0 aliphatic heterocycles. The molecule has 0 saturated heterocycles. The largest absolute Gasteiger partial charge is 0.494 e. The van der Waals surface area contributed by atoms with Gasteiger partial charge in [-0.05, 0) is 30.3 Å². The van der Waals surface area contributed by atoms with Gasteiger partial charge in [0.15, 0.2) is 0 Å². The number of carbonyl (C=O) groups is 1. The summed E-state index contributed by atoms with van der Waals surface area (Å²) in [4.78, 5) is 23.3. The molecule has 1 heterocycles. The summed E-state index contributed by atoms with van der Waals surface area (Å²) in [6.07, 6.45) is 3.78. The van der Waals surface area contributed by atoms with Crippen LogP contribution in [-0.2, 0) is 15.7 Å². The predicted molar refractivity (Wildman–Crippen MR) is 99.6 cm³/mol. The second kappa shape index (κ2) is 9.45. The van der Waals surface area contributed by atoms with Crippen LogP contribution in [0.3, 0.4) is 0 Å². The fraction of sp³-hybridized carbons (Fsp3) is 0.158. The first-order valence-electron chi connectivity index (χ1n) is 7.87. The van der Waals surface area contributed by atoms with E-state index in [1.807, 2.05) is 0 Å². The Balaban J connectivity index is 2.23. The van der Waals surface area contributed by atoms with Gasteiger partial charge in [-0.3, -0.25) is 15.0 Å². The van der Waals surface area contributed by atoms with Crippen LogP contribution in [0.15, 0.2) is 52.7 Å². The van der Waals surface area contributed by atoms with Crippen molar-refractivity contribution in [1.29, 1.82) is 0 Å². The van der Waals surface area contributed by atoms with Crippen LogP contribution in [0.4, 0.5) is 24.5 Å². The van der Waals surface area contributed by atoms with Gasteiger partial charge in [0.2, 0.25) is 0 Å². The molecule has 0 atom stereocenters. The molecule has 1 aromatic heterocycles. The molecule has 0 bridgehead atoms. The maximum Gasteiger partial charge on any atom is 0.416 e. The Morgan fingerprint density at radius 3 is 2.46 bits per heavy atom. The number of rotatable bonds is 6. The first-order valence-corrected chi connectivity index (χ1v) is 7.87. The third-order valence-electron chi connectivity index (χ3n) is 3.43. The number of hydrogen-bond acceptors (Lipinski definition) is 6. The van der Waals surface area contributed by atoms with Crippen molar-refractivity contribution in [2.75, 3.05) is 14.2 Å². The van der Waals surface area contributed by atoms with E-state index in [4.69, 9.17) is 4.74 Å². The van der Waals surface area contributed by atoms with Crippen LogP contribution < -0.4 is 4.74 Å². The van der Waals surface area contributed by atoms with E-state index in [0.29, 0.717) is 11.3 Å². The van der Waals surface area contributed by atoms with Crippen LogP contribution in [0.5, 0.6) is 5.75 Å². The molecule has 1 aromatic carbocycles. The molecule has 0 amide bonds. The average molecular weight is 391 g/mol. The number of aliphatic imine (C=N–C) groups is 2. The summed E-state index contributed by atoms with van der Waals surface area (Å²) in [6, 6.07) is 4.61. The SMILES string of the molecule is COC(=O)C=Cc1cnccc1N=CC=Nc1cc(C(F)(F)F)ccc1OC. The van der Waals surface area contributed by atoms with Gasteiger partial charge in [0.25, 0.3) is 0 Å². The summed E-state index contributed by atoms with van der Waals surface area (Å²) in [6.45, 7) is 0. The summed E-state index contributed by atoms with van der Waals surface area (Å²) < 4.78 is 48.1. The van der Waals surface area contributed by atoms with E-state index < -0.39 is 17.7 Å². The second-order valence-electron chi connectivity index (χ2n) is 5.23. The van der Waals surface area contributed by atoms with Gasteiger partial charge in [0, 0.05) is 36.5 Å². The van der Waals surface area contributed by atoms with Crippen molar-refractivity contribution < 1.29 is 27.4 Å². The van der Waals surface area contributed by atoms with Gasteiger partial charge in [-0.2, -0.15) is 13.2 Å². The van der Waals surface area contributed by atoms with Gasteiger partial charge in [-0.15, -0.1) is 0 Å². The Morgan fingerprint density at radius 1 is 1.11 bits per heavy atom. The highest BCUT2D eigenvalue weighted by atomic mass is 19.4. The minimum absolute atomic E-state index is 0.0179. The number of alkyl halides is 3. The van der Waals surface area contributed by atoms with E-state index in [-0.39, 0.29) is 11.4 Å². The number of ether oxygens (including phenoxy) is 2. The number of hydrogen-bond donors (Lipinski definition) is 0.